The minimum absolute atomic E-state index is 0.108. The second-order valence-corrected chi connectivity index (χ2v) is 7.04. The van der Waals surface area contributed by atoms with Crippen LogP contribution in [0.15, 0.2) is 39.9 Å². The molecule has 1 unspecified atom stereocenters. The molecule has 1 amide bonds. The van der Waals surface area contributed by atoms with E-state index in [9.17, 15) is 18.8 Å². The third-order valence-electron chi connectivity index (χ3n) is 4.41. The predicted octanol–water partition coefficient (Wildman–Crippen LogP) is 3.65. The van der Waals surface area contributed by atoms with E-state index in [-0.39, 0.29) is 27.7 Å². The first-order valence-electron chi connectivity index (χ1n) is 8.45. The number of hydrogen-bond donors (Lipinski definition) is 2. The number of halogens is 3. The van der Waals surface area contributed by atoms with E-state index in [1.807, 2.05) is 0 Å². The molecule has 1 aromatic heterocycles. The highest BCUT2D eigenvalue weighted by Crippen LogP contribution is 2.28. The van der Waals surface area contributed by atoms with Gasteiger partial charge < -0.3 is 10.3 Å². The molecule has 6 nitrogen and oxygen atoms in total. The number of fused-ring (bicyclic) bond motifs is 1. The van der Waals surface area contributed by atoms with Gasteiger partial charge >= 0.3 is 5.69 Å². The van der Waals surface area contributed by atoms with Gasteiger partial charge in [-0.25, -0.2) is 9.18 Å². The van der Waals surface area contributed by atoms with Crippen molar-refractivity contribution in [3.05, 3.63) is 78.2 Å². The van der Waals surface area contributed by atoms with Gasteiger partial charge in [0.15, 0.2) is 0 Å². The molecule has 1 atom stereocenters. The molecule has 1 heterocycles. The molecule has 9 heteroatoms. The number of carbonyl (C=O) groups excluding carboxylic acids is 1. The molecule has 28 heavy (non-hydrogen) atoms. The van der Waals surface area contributed by atoms with E-state index >= 15 is 0 Å². The summed E-state index contributed by atoms with van der Waals surface area (Å²) in [5.41, 5.74) is -0.110. The number of hydrogen-bond acceptors (Lipinski definition) is 3. The van der Waals surface area contributed by atoms with Crippen molar-refractivity contribution in [1.29, 1.82) is 0 Å². The largest absolute Gasteiger partial charge is 0.345 e. The number of H-pyrrole nitrogens is 1. The maximum absolute atomic E-state index is 13.7. The highest BCUT2D eigenvalue weighted by molar-refractivity contribution is 6.35. The lowest BCUT2D eigenvalue weighted by molar-refractivity contribution is 0.0940. The Morgan fingerprint density at radius 1 is 1.21 bits per heavy atom. The van der Waals surface area contributed by atoms with E-state index in [0.29, 0.717) is 10.9 Å². The smallest absolute Gasteiger partial charge is 0.328 e. The van der Waals surface area contributed by atoms with Gasteiger partial charge in [0.05, 0.1) is 22.0 Å². The molecule has 3 aromatic rings. The molecule has 2 N–H and O–H groups in total. The molecule has 0 fully saturated rings. The van der Waals surface area contributed by atoms with Crippen LogP contribution in [-0.2, 0) is 6.54 Å². The number of amides is 1. The summed E-state index contributed by atoms with van der Waals surface area (Å²) in [6.45, 7) is 3.58. The first kappa shape index (κ1) is 20.1. The quantitative estimate of drug-likeness (QED) is 0.628. The molecule has 0 aliphatic rings. The van der Waals surface area contributed by atoms with Gasteiger partial charge in [0, 0.05) is 17.1 Å². The molecule has 0 saturated carbocycles. The zero-order valence-electron chi connectivity index (χ0n) is 15.0. The molecule has 0 aliphatic carbocycles. The van der Waals surface area contributed by atoms with E-state index in [2.05, 4.69) is 10.3 Å². The first-order valence-corrected chi connectivity index (χ1v) is 9.20. The fraction of sp³-hybridized carbons (Fsp3) is 0.211. The summed E-state index contributed by atoms with van der Waals surface area (Å²) in [7, 11) is 0. The number of benzene rings is 2. The lowest BCUT2D eigenvalue weighted by Crippen LogP contribution is -2.34. The molecular formula is C19H16Cl2FN3O3. The molecule has 146 valence electrons. The van der Waals surface area contributed by atoms with Crippen LogP contribution in [0.3, 0.4) is 0 Å². The topological polar surface area (TPSA) is 84.0 Å². The SMILES string of the molecule is CCn1c(=O)[nH]c2cc(C(=O)NC(C)c3cc(F)c(Cl)cc3Cl)ccc2c1=O. The zero-order chi connectivity index (χ0) is 20.6. The fourth-order valence-electron chi connectivity index (χ4n) is 2.91. The molecule has 0 aliphatic heterocycles. The van der Waals surface area contributed by atoms with Crippen LogP contribution < -0.4 is 16.6 Å². The standard InChI is InChI=1S/C19H16Cl2FN3O3/c1-3-25-18(27)11-5-4-10(6-16(11)24-19(25)28)17(26)23-9(2)12-7-15(22)14(21)8-13(12)20/h4-9H,3H2,1-2H3,(H,23,26)(H,24,28). The second kappa shape index (κ2) is 7.77. The van der Waals surface area contributed by atoms with Gasteiger partial charge in [-0.2, -0.15) is 0 Å². The van der Waals surface area contributed by atoms with E-state index in [0.717, 1.165) is 4.57 Å². The molecule has 2 aromatic carbocycles. The van der Waals surface area contributed by atoms with Crippen LogP contribution in [-0.4, -0.2) is 15.5 Å². The van der Waals surface area contributed by atoms with Crippen molar-refractivity contribution in [2.45, 2.75) is 26.4 Å². The fourth-order valence-corrected chi connectivity index (χ4v) is 3.46. The Labute approximate surface area is 168 Å². The Hall–Kier alpha value is -2.64. The van der Waals surface area contributed by atoms with Crippen LogP contribution in [0.1, 0.15) is 35.8 Å². The average Bonchev–Trinajstić information content (AvgIpc) is 2.64. The highest BCUT2D eigenvalue weighted by Gasteiger charge is 2.17. The monoisotopic (exact) mass is 423 g/mol. The summed E-state index contributed by atoms with van der Waals surface area (Å²) in [4.78, 5) is 39.4. The summed E-state index contributed by atoms with van der Waals surface area (Å²) in [5, 5.41) is 3.12. The number of aromatic amines is 1. The summed E-state index contributed by atoms with van der Waals surface area (Å²) in [6, 6.07) is 6.22. The van der Waals surface area contributed by atoms with Crippen molar-refractivity contribution in [3.8, 4) is 0 Å². The van der Waals surface area contributed by atoms with Crippen LogP contribution in [0.25, 0.3) is 10.9 Å². The lowest BCUT2D eigenvalue weighted by Gasteiger charge is -2.16. The third-order valence-corrected chi connectivity index (χ3v) is 5.03. The van der Waals surface area contributed by atoms with Crippen molar-refractivity contribution in [2.75, 3.05) is 0 Å². The van der Waals surface area contributed by atoms with Crippen molar-refractivity contribution < 1.29 is 9.18 Å². The minimum Gasteiger partial charge on any atom is -0.345 e. The van der Waals surface area contributed by atoms with E-state index < -0.39 is 29.0 Å². The van der Waals surface area contributed by atoms with E-state index in [4.69, 9.17) is 23.2 Å². The maximum atomic E-state index is 13.7. The lowest BCUT2D eigenvalue weighted by atomic mass is 10.1. The first-order chi connectivity index (χ1) is 13.2. The highest BCUT2D eigenvalue weighted by atomic mass is 35.5. The van der Waals surface area contributed by atoms with Crippen molar-refractivity contribution in [1.82, 2.24) is 14.9 Å². The molecule has 0 bridgehead atoms. The molecule has 0 spiro atoms. The average molecular weight is 424 g/mol. The van der Waals surface area contributed by atoms with Crippen molar-refractivity contribution in [3.63, 3.8) is 0 Å². The zero-order valence-corrected chi connectivity index (χ0v) is 16.5. The third kappa shape index (κ3) is 3.68. The van der Waals surface area contributed by atoms with Gasteiger partial charge in [0.25, 0.3) is 11.5 Å². The van der Waals surface area contributed by atoms with Gasteiger partial charge in [-0.1, -0.05) is 23.2 Å². The summed E-state index contributed by atoms with van der Waals surface area (Å²) >= 11 is 11.8. The van der Waals surface area contributed by atoms with Crippen molar-refractivity contribution >= 4 is 40.0 Å². The summed E-state index contributed by atoms with van der Waals surface area (Å²) < 4.78 is 14.8. The second-order valence-electron chi connectivity index (χ2n) is 6.22. The predicted molar refractivity (Wildman–Crippen MR) is 107 cm³/mol. The van der Waals surface area contributed by atoms with Gasteiger partial charge in [0.1, 0.15) is 5.82 Å². The minimum atomic E-state index is -0.641. The van der Waals surface area contributed by atoms with Gasteiger partial charge in [0.2, 0.25) is 0 Å². The maximum Gasteiger partial charge on any atom is 0.328 e. The van der Waals surface area contributed by atoms with Crippen LogP contribution >= 0.6 is 23.2 Å². The van der Waals surface area contributed by atoms with Crippen molar-refractivity contribution in [2.24, 2.45) is 0 Å². The van der Waals surface area contributed by atoms with Crippen LogP contribution in [0.5, 0.6) is 0 Å². The van der Waals surface area contributed by atoms with Crippen LogP contribution in [0, 0.1) is 5.82 Å². The van der Waals surface area contributed by atoms with E-state index in [1.54, 1.807) is 13.8 Å². The van der Waals surface area contributed by atoms with Crippen LogP contribution in [0.2, 0.25) is 10.0 Å². The molecule has 3 rings (SSSR count). The molecular weight excluding hydrogens is 408 g/mol. The molecule has 0 radical (unpaired) electrons. The Morgan fingerprint density at radius 3 is 2.61 bits per heavy atom. The van der Waals surface area contributed by atoms with Gasteiger partial charge in [-0.15, -0.1) is 0 Å². The van der Waals surface area contributed by atoms with E-state index in [1.165, 1.54) is 30.3 Å². The normalized spacial score (nSPS) is 12.2. The number of nitrogens with one attached hydrogen (secondary N) is 2. The van der Waals surface area contributed by atoms with Gasteiger partial charge in [-0.05, 0) is 49.7 Å². The van der Waals surface area contributed by atoms with Crippen LogP contribution in [0.4, 0.5) is 4.39 Å². The summed E-state index contributed by atoms with van der Waals surface area (Å²) in [5.74, 6) is -1.11. The number of carbonyl (C=O) groups is 1. The Bertz CT molecular complexity index is 1200. The molecule has 0 saturated heterocycles. The Balaban J connectivity index is 1.93. The Kier molecular flexibility index (Phi) is 5.58. The number of rotatable bonds is 4. The number of nitrogens with zero attached hydrogens (tertiary/aromatic N) is 1. The van der Waals surface area contributed by atoms with Gasteiger partial charge in [-0.3, -0.25) is 14.2 Å². The number of aromatic nitrogens is 2. The summed E-state index contributed by atoms with van der Waals surface area (Å²) in [6.07, 6.45) is 0. The Morgan fingerprint density at radius 2 is 1.93 bits per heavy atom.